The number of hydrogen-bond acceptors (Lipinski definition) is 3. The largest absolute Gasteiger partial charge is 0.283 e. The number of pyridine rings is 1. The lowest BCUT2D eigenvalue weighted by Gasteiger charge is -2.16. The van der Waals surface area contributed by atoms with Crippen LogP contribution >= 0.6 is 0 Å². The van der Waals surface area contributed by atoms with E-state index in [-0.39, 0.29) is 5.56 Å². The first-order valence-corrected chi connectivity index (χ1v) is 8.92. The second kappa shape index (κ2) is 5.74. The van der Waals surface area contributed by atoms with Crippen molar-refractivity contribution in [2.75, 3.05) is 0 Å². The highest BCUT2D eigenvalue weighted by Crippen LogP contribution is 2.27. The first-order valence-electron chi connectivity index (χ1n) is 8.92. The van der Waals surface area contributed by atoms with Crippen LogP contribution in [0.4, 0.5) is 0 Å². The van der Waals surface area contributed by atoms with E-state index in [1.54, 1.807) is 4.57 Å². The molecule has 4 nitrogen and oxygen atoms in total. The van der Waals surface area contributed by atoms with Crippen LogP contribution < -0.4 is 5.56 Å². The van der Waals surface area contributed by atoms with Gasteiger partial charge in [-0.1, -0.05) is 48.5 Å². The molecule has 0 radical (unpaired) electrons. The Morgan fingerprint density at radius 3 is 2.00 bits per heavy atom. The van der Waals surface area contributed by atoms with Crippen molar-refractivity contribution < 1.29 is 0 Å². The second-order valence-electron chi connectivity index (χ2n) is 6.81. The fraction of sp³-hybridized carbons (Fsp3) is 0.0870. The maximum Gasteiger partial charge on any atom is 0.283 e. The summed E-state index contributed by atoms with van der Waals surface area (Å²) >= 11 is 0. The number of rotatable bonds is 1. The van der Waals surface area contributed by atoms with Gasteiger partial charge in [0.2, 0.25) is 0 Å². The Hall–Kier alpha value is -3.53. The predicted molar refractivity (Wildman–Crippen MR) is 110 cm³/mol. The molecular formula is C23H17N3O. The quantitative estimate of drug-likeness (QED) is 0.325. The van der Waals surface area contributed by atoms with Crippen LogP contribution in [0.25, 0.3) is 38.7 Å². The number of aromatic nitrogens is 3. The molecule has 4 heteroatoms. The Balaban J connectivity index is 2.07. The molecule has 0 fully saturated rings. The molecule has 0 aliphatic carbocycles. The van der Waals surface area contributed by atoms with E-state index >= 15 is 0 Å². The van der Waals surface area contributed by atoms with Gasteiger partial charge >= 0.3 is 0 Å². The minimum absolute atomic E-state index is 0.139. The van der Waals surface area contributed by atoms with Gasteiger partial charge in [0.15, 0.2) is 5.52 Å². The van der Waals surface area contributed by atoms with Gasteiger partial charge in [0, 0.05) is 5.39 Å². The van der Waals surface area contributed by atoms with Crippen LogP contribution in [-0.4, -0.2) is 14.5 Å². The van der Waals surface area contributed by atoms with E-state index in [4.69, 9.17) is 4.98 Å². The van der Waals surface area contributed by atoms with Crippen LogP contribution in [0.1, 0.15) is 11.1 Å². The maximum atomic E-state index is 13.6. The molecule has 0 unspecified atom stereocenters. The zero-order valence-corrected chi connectivity index (χ0v) is 15.1. The van der Waals surface area contributed by atoms with Crippen LogP contribution in [0.3, 0.4) is 0 Å². The van der Waals surface area contributed by atoms with Gasteiger partial charge in [-0.3, -0.25) is 9.36 Å². The van der Waals surface area contributed by atoms with Crippen LogP contribution in [-0.2, 0) is 0 Å². The van der Waals surface area contributed by atoms with E-state index < -0.39 is 0 Å². The van der Waals surface area contributed by atoms with Crippen molar-refractivity contribution in [2.45, 2.75) is 13.8 Å². The smallest absolute Gasteiger partial charge is 0.274 e. The van der Waals surface area contributed by atoms with E-state index in [0.717, 1.165) is 38.8 Å². The summed E-state index contributed by atoms with van der Waals surface area (Å²) in [6.07, 6.45) is 0. The molecule has 0 saturated heterocycles. The summed E-state index contributed by atoms with van der Waals surface area (Å²) in [6.45, 7) is 4.06. The molecule has 0 atom stereocenters. The Kier molecular flexibility index (Phi) is 3.34. The van der Waals surface area contributed by atoms with Gasteiger partial charge in [-0.2, -0.15) is 0 Å². The van der Waals surface area contributed by atoms with Crippen molar-refractivity contribution in [1.82, 2.24) is 14.5 Å². The van der Waals surface area contributed by atoms with E-state index in [9.17, 15) is 4.79 Å². The van der Waals surface area contributed by atoms with Gasteiger partial charge < -0.3 is 0 Å². The van der Waals surface area contributed by atoms with Gasteiger partial charge in [-0.05, 0) is 43.2 Å². The summed E-state index contributed by atoms with van der Waals surface area (Å²) in [6, 6.07) is 21.6. The summed E-state index contributed by atoms with van der Waals surface area (Å²) in [4.78, 5) is 23.0. The summed E-state index contributed by atoms with van der Waals surface area (Å²) < 4.78 is 1.78. The standard InChI is InChI=1S/C23H17N3O/c1-14-8-7-9-15(2)22(14)26-19-13-6-3-10-16(19)20-21(23(26)27)25-18-12-5-4-11-17(18)24-20/h3-13H,1-2H3. The predicted octanol–water partition coefficient (Wildman–Crippen LogP) is 4.70. The monoisotopic (exact) mass is 351 g/mol. The molecule has 5 aromatic rings. The molecule has 130 valence electrons. The number of benzene rings is 3. The molecule has 3 aromatic carbocycles. The fourth-order valence-corrected chi connectivity index (χ4v) is 3.80. The molecular weight excluding hydrogens is 334 g/mol. The molecule has 0 N–H and O–H groups in total. The Morgan fingerprint density at radius 2 is 1.30 bits per heavy atom. The lowest BCUT2D eigenvalue weighted by molar-refractivity contribution is 1.02. The van der Waals surface area contributed by atoms with Gasteiger partial charge in [-0.15, -0.1) is 0 Å². The Labute approximate surface area is 155 Å². The molecule has 2 heterocycles. The molecule has 0 amide bonds. The van der Waals surface area contributed by atoms with Crippen LogP contribution in [0.2, 0.25) is 0 Å². The second-order valence-corrected chi connectivity index (χ2v) is 6.81. The minimum atomic E-state index is -0.139. The van der Waals surface area contributed by atoms with Crippen molar-refractivity contribution in [3.8, 4) is 5.69 Å². The number of para-hydroxylation sites is 4. The van der Waals surface area contributed by atoms with Crippen molar-refractivity contribution in [3.05, 3.63) is 88.2 Å². The molecule has 0 bridgehead atoms. The third kappa shape index (κ3) is 2.27. The summed E-state index contributed by atoms with van der Waals surface area (Å²) in [7, 11) is 0. The molecule has 5 rings (SSSR count). The topological polar surface area (TPSA) is 47.8 Å². The third-order valence-electron chi connectivity index (χ3n) is 5.04. The zero-order chi connectivity index (χ0) is 18.5. The van der Waals surface area contributed by atoms with E-state index in [1.165, 1.54) is 0 Å². The fourth-order valence-electron chi connectivity index (χ4n) is 3.80. The van der Waals surface area contributed by atoms with Gasteiger partial charge in [-0.25, -0.2) is 9.97 Å². The van der Waals surface area contributed by atoms with E-state index in [2.05, 4.69) is 4.98 Å². The lowest BCUT2D eigenvalue weighted by Crippen LogP contribution is -2.22. The van der Waals surface area contributed by atoms with Gasteiger partial charge in [0.1, 0.15) is 5.52 Å². The van der Waals surface area contributed by atoms with Crippen molar-refractivity contribution >= 4 is 33.0 Å². The molecule has 0 aliphatic heterocycles. The Morgan fingerprint density at radius 1 is 0.704 bits per heavy atom. The van der Waals surface area contributed by atoms with Crippen LogP contribution in [0.5, 0.6) is 0 Å². The first kappa shape index (κ1) is 15.7. The van der Waals surface area contributed by atoms with Crippen LogP contribution in [0.15, 0.2) is 71.5 Å². The third-order valence-corrected chi connectivity index (χ3v) is 5.04. The van der Waals surface area contributed by atoms with Gasteiger partial charge in [0.05, 0.1) is 22.2 Å². The molecule has 0 saturated carbocycles. The highest BCUT2D eigenvalue weighted by atomic mass is 16.1. The average Bonchev–Trinajstić information content (AvgIpc) is 2.69. The number of fused-ring (bicyclic) bond motifs is 4. The Bertz CT molecular complexity index is 1400. The van der Waals surface area contributed by atoms with Crippen molar-refractivity contribution in [3.63, 3.8) is 0 Å². The van der Waals surface area contributed by atoms with E-state index in [1.807, 2.05) is 80.6 Å². The van der Waals surface area contributed by atoms with Crippen molar-refractivity contribution in [2.24, 2.45) is 0 Å². The lowest BCUT2D eigenvalue weighted by atomic mass is 10.1. The highest BCUT2D eigenvalue weighted by Gasteiger charge is 2.17. The number of hydrogen-bond donors (Lipinski definition) is 0. The van der Waals surface area contributed by atoms with E-state index in [0.29, 0.717) is 11.0 Å². The van der Waals surface area contributed by atoms with Gasteiger partial charge in [0.25, 0.3) is 5.56 Å². The summed E-state index contributed by atoms with van der Waals surface area (Å²) in [5.41, 5.74) is 6.29. The maximum absolute atomic E-state index is 13.6. The summed E-state index contributed by atoms with van der Waals surface area (Å²) in [5.74, 6) is 0. The number of nitrogens with zero attached hydrogens (tertiary/aromatic N) is 3. The minimum Gasteiger partial charge on any atom is -0.274 e. The van der Waals surface area contributed by atoms with Crippen LogP contribution in [0, 0.1) is 13.8 Å². The molecule has 27 heavy (non-hydrogen) atoms. The summed E-state index contributed by atoms with van der Waals surface area (Å²) in [5, 5.41) is 0.924. The zero-order valence-electron chi connectivity index (χ0n) is 15.1. The number of aryl methyl sites for hydroxylation is 2. The highest BCUT2D eigenvalue weighted by molar-refractivity contribution is 6.04. The average molecular weight is 351 g/mol. The molecule has 0 aliphatic rings. The molecule has 2 aromatic heterocycles. The normalized spacial score (nSPS) is 11.5. The van der Waals surface area contributed by atoms with Crippen molar-refractivity contribution in [1.29, 1.82) is 0 Å². The first-order chi connectivity index (χ1) is 13.1. The molecule has 0 spiro atoms. The SMILES string of the molecule is Cc1cccc(C)c1-n1c(=O)c2nc3ccccc3nc2c2ccccc21.